The predicted molar refractivity (Wildman–Crippen MR) is 62.6 cm³/mol. The van der Waals surface area contributed by atoms with Gasteiger partial charge in [-0.1, -0.05) is 0 Å². The van der Waals surface area contributed by atoms with Crippen LogP contribution in [0.25, 0.3) is 0 Å². The number of anilines is 1. The smallest absolute Gasteiger partial charge is 0.184 e. The van der Waals surface area contributed by atoms with Crippen molar-refractivity contribution in [2.45, 2.75) is 4.90 Å². The summed E-state index contributed by atoms with van der Waals surface area (Å²) in [7, 11) is -3.63. The molecule has 0 bridgehead atoms. The Balaban J connectivity index is 3.15. The second kappa shape index (κ2) is 5.85. The Morgan fingerprint density at radius 2 is 1.94 bits per heavy atom. The average molecular weight is 261 g/mol. The van der Waals surface area contributed by atoms with Crippen LogP contribution in [0.1, 0.15) is 0 Å². The quantitative estimate of drug-likeness (QED) is 0.590. The number of nitrogen functional groups attached to an aromatic ring is 1. The highest BCUT2D eigenvalue weighted by atomic mass is 32.2. The molecule has 17 heavy (non-hydrogen) atoms. The van der Waals surface area contributed by atoms with E-state index in [4.69, 9.17) is 20.7 Å². The minimum absolute atomic E-state index is 0.00837. The highest BCUT2D eigenvalue weighted by Crippen LogP contribution is 2.27. The highest BCUT2D eigenvalue weighted by Gasteiger charge is 2.19. The van der Waals surface area contributed by atoms with Crippen molar-refractivity contribution in [1.29, 1.82) is 0 Å². The lowest BCUT2D eigenvalue weighted by Crippen LogP contribution is -2.13. The van der Waals surface area contributed by atoms with E-state index in [0.29, 0.717) is 0 Å². The van der Waals surface area contributed by atoms with Crippen LogP contribution < -0.4 is 10.5 Å². The van der Waals surface area contributed by atoms with Crippen molar-refractivity contribution in [3.05, 3.63) is 18.2 Å². The number of ether oxygens (including phenoxy) is 1. The largest absolute Gasteiger partial charge is 0.490 e. The monoisotopic (exact) mass is 261 g/mol. The molecule has 0 aliphatic rings. The summed E-state index contributed by atoms with van der Waals surface area (Å²) in [6.07, 6.45) is 0. The minimum atomic E-state index is -3.63. The second-order valence-electron chi connectivity index (χ2n) is 3.32. The van der Waals surface area contributed by atoms with Crippen molar-refractivity contribution in [3.63, 3.8) is 0 Å². The zero-order valence-corrected chi connectivity index (χ0v) is 9.98. The molecular formula is C10H15NO5S. The lowest BCUT2D eigenvalue weighted by Gasteiger charge is -2.11. The van der Waals surface area contributed by atoms with Gasteiger partial charge in [-0.3, -0.25) is 0 Å². The number of hydrogen-bond donors (Lipinski definition) is 3. The van der Waals surface area contributed by atoms with Crippen molar-refractivity contribution in [3.8, 4) is 5.75 Å². The molecule has 1 aromatic carbocycles. The van der Waals surface area contributed by atoms with E-state index in [-0.39, 0.29) is 29.5 Å². The number of aliphatic hydroxyl groups is 2. The summed E-state index contributed by atoms with van der Waals surface area (Å²) in [5.41, 5.74) is 5.81. The van der Waals surface area contributed by atoms with E-state index in [1.807, 2.05) is 0 Å². The Hall–Kier alpha value is -1.31. The van der Waals surface area contributed by atoms with Crippen LogP contribution >= 0.6 is 0 Å². The summed E-state index contributed by atoms with van der Waals surface area (Å²) >= 11 is 0. The molecule has 0 atom stereocenters. The van der Waals surface area contributed by atoms with E-state index in [1.165, 1.54) is 18.2 Å². The Morgan fingerprint density at radius 3 is 2.53 bits per heavy atom. The molecule has 6 nitrogen and oxygen atoms in total. The molecule has 4 N–H and O–H groups in total. The maximum Gasteiger partial charge on any atom is 0.184 e. The maximum absolute atomic E-state index is 11.8. The molecule has 0 aromatic heterocycles. The van der Waals surface area contributed by atoms with Crippen molar-refractivity contribution in [1.82, 2.24) is 0 Å². The summed E-state index contributed by atoms with van der Waals surface area (Å²) in [4.78, 5) is -0.0694. The third-order valence-electron chi connectivity index (χ3n) is 2.01. The van der Waals surface area contributed by atoms with E-state index < -0.39 is 22.2 Å². The van der Waals surface area contributed by atoms with Gasteiger partial charge >= 0.3 is 0 Å². The van der Waals surface area contributed by atoms with Crippen LogP contribution in [0.4, 0.5) is 5.69 Å². The van der Waals surface area contributed by atoms with Gasteiger partial charge in [0.1, 0.15) is 17.3 Å². The topological polar surface area (TPSA) is 110 Å². The van der Waals surface area contributed by atoms with E-state index in [1.54, 1.807) is 0 Å². The van der Waals surface area contributed by atoms with Crippen LogP contribution in [0.15, 0.2) is 23.1 Å². The average Bonchev–Trinajstić information content (AvgIpc) is 2.27. The fourth-order valence-electron chi connectivity index (χ4n) is 1.27. The van der Waals surface area contributed by atoms with Gasteiger partial charge in [0, 0.05) is 5.69 Å². The molecule has 0 heterocycles. The number of rotatable bonds is 6. The van der Waals surface area contributed by atoms with Gasteiger partial charge in [0.05, 0.1) is 19.0 Å². The molecule has 1 aromatic rings. The van der Waals surface area contributed by atoms with Crippen LogP contribution in [0.3, 0.4) is 0 Å². The van der Waals surface area contributed by atoms with Crippen LogP contribution in [0, 0.1) is 0 Å². The van der Waals surface area contributed by atoms with Crippen LogP contribution in [0.2, 0.25) is 0 Å². The van der Waals surface area contributed by atoms with E-state index in [0.717, 1.165) is 0 Å². The Labute approximate surface area is 99.6 Å². The summed E-state index contributed by atoms with van der Waals surface area (Å²) in [5, 5.41) is 17.3. The zero-order chi connectivity index (χ0) is 12.9. The van der Waals surface area contributed by atoms with Crippen LogP contribution in [-0.4, -0.2) is 44.2 Å². The molecule has 96 valence electrons. The molecule has 0 aliphatic carbocycles. The SMILES string of the molecule is Nc1ccc(OCCO)c(S(=O)(=O)CCO)c1. The van der Waals surface area contributed by atoms with E-state index >= 15 is 0 Å². The summed E-state index contributed by atoms with van der Waals surface area (Å²) in [6.45, 7) is -0.702. The van der Waals surface area contributed by atoms with Crippen molar-refractivity contribution >= 4 is 15.5 Å². The van der Waals surface area contributed by atoms with Gasteiger partial charge in [0.2, 0.25) is 0 Å². The fraction of sp³-hybridized carbons (Fsp3) is 0.400. The van der Waals surface area contributed by atoms with Crippen LogP contribution in [0.5, 0.6) is 5.75 Å². The van der Waals surface area contributed by atoms with Gasteiger partial charge in [-0.2, -0.15) is 0 Å². The third-order valence-corrected chi connectivity index (χ3v) is 3.72. The van der Waals surface area contributed by atoms with Gasteiger partial charge in [0.25, 0.3) is 0 Å². The van der Waals surface area contributed by atoms with Gasteiger partial charge in [-0.05, 0) is 18.2 Å². The molecule has 0 saturated heterocycles. The van der Waals surface area contributed by atoms with E-state index in [9.17, 15) is 8.42 Å². The molecule has 0 spiro atoms. The number of aliphatic hydroxyl groups excluding tert-OH is 2. The zero-order valence-electron chi connectivity index (χ0n) is 9.17. The number of hydrogen-bond acceptors (Lipinski definition) is 6. The third kappa shape index (κ3) is 3.58. The number of benzene rings is 1. The summed E-state index contributed by atoms with van der Waals surface area (Å²) < 4.78 is 28.7. The molecular weight excluding hydrogens is 246 g/mol. The Kier molecular flexibility index (Phi) is 4.73. The predicted octanol–water partition coefficient (Wildman–Crippen LogP) is -0.594. The first kappa shape index (κ1) is 13.8. The van der Waals surface area contributed by atoms with Crippen molar-refractivity contribution < 1.29 is 23.4 Å². The first-order valence-electron chi connectivity index (χ1n) is 4.98. The Bertz CT molecular complexity index is 472. The number of nitrogens with two attached hydrogens (primary N) is 1. The maximum atomic E-state index is 11.8. The summed E-state index contributed by atoms with van der Waals surface area (Å²) in [5.74, 6) is -0.270. The Morgan fingerprint density at radius 1 is 1.24 bits per heavy atom. The van der Waals surface area contributed by atoms with E-state index in [2.05, 4.69) is 0 Å². The standard InChI is InChI=1S/C10H15NO5S/c11-8-1-2-9(16-5-3-12)10(7-8)17(14,15)6-4-13/h1-2,7,12-13H,3-6,11H2. The molecule has 0 unspecified atom stereocenters. The molecule has 0 amide bonds. The molecule has 1 rings (SSSR count). The van der Waals surface area contributed by atoms with Gasteiger partial charge in [-0.25, -0.2) is 8.42 Å². The molecule has 0 radical (unpaired) electrons. The summed E-state index contributed by atoms with van der Waals surface area (Å²) in [6, 6.07) is 4.21. The van der Waals surface area contributed by atoms with Gasteiger partial charge in [-0.15, -0.1) is 0 Å². The first-order valence-corrected chi connectivity index (χ1v) is 6.63. The number of sulfone groups is 1. The van der Waals surface area contributed by atoms with Gasteiger partial charge < -0.3 is 20.7 Å². The highest BCUT2D eigenvalue weighted by molar-refractivity contribution is 7.91. The minimum Gasteiger partial charge on any atom is -0.490 e. The molecule has 0 saturated carbocycles. The normalized spacial score (nSPS) is 11.4. The van der Waals surface area contributed by atoms with Crippen molar-refractivity contribution in [2.24, 2.45) is 0 Å². The lowest BCUT2D eigenvalue weighted by atomic mass is 10.3. The van der Waals surface area contributed by atoms with Crippen LogP contribution in [-0.2, 0) is 9.84 Å². The second-order valence-corrected chi connectivity index (χ2v) is 5.40. The van der Waals surface area contributed by atoms with Crippen molar-refractivity contribution in [2.75, 3.05) is 31.3 Å². The lowest BCUT2D eigenvalue weighted by molar-refractivity contribution is 0.198. The molecule has 7 heteroatoms. The van der Waals surface area contributed by atoms with Gasteiger partial charge in [0.15, 0.2) is 9.84 Å². The fourth-order valence-corrected chi connectivity index (χ4v) is 2.48. The molecule has 0 aliphatic heterocycles. The first-order chi connectivity index (χ1) is 8.01. The molecule has 0 fully saturated rings.